The highest BCUT2D eigenvalue weighted by atomic mass is 16.5. The molecule has 1 aliphatic heterocycles. The summed E-state index contributed by atoms with van der Waals surface area (Å²) in [6.45, 7) is 0.568. The zero-order chi connectivity index (χ0) is 24.4. The first-order valence-electron chi connectivity index (χ1n) is 12.3. The van der Waals surface area contributed by atoms with Gasteiger partial charge in [0.05, 0.1) is 6.10 Å². The lowest BCUT2D eigenvalue weighted by Crippen LogP contribution is -2.38. The number of carbonyl (C=O) groups excluding carboxylic acids is 2. The highest BCUT2D eigenvalue weighted by Gasteiger charge is 2.34. The average Bonchev–Trinajstić information content (AvgIpc) is 3.59. The Kier molecular flexibility index (Phi) is 6.72. The lowest BCUT2D eigenvalue weighted by Gasteiger charge is -2.17. The Balaban J connectivity index is 1.07. The summed E-state index contributed by atoms with van der Waals surface area (Å²) in [5, 5.41) is 14.8. The quantitative estimate of drug-likeness (QED) is 0.562. The first-order valence-corrected chi connectivity index (χ1v) is 12.3. The van der Waals surface area contributed by atoms with Gasteiger partial charge in [0, 0.05) is 24.4 Å². The van der Waals surface area contributed by atoms with Gasteiger partial charge < -0.3 is 25.2 Å². The van der Waals surface area contributed by atoms with E-state index in [1.807, 2.05) is 24.3 Å². The van der Waals surface area contributed by atoms with Gasteiger partial charge in [-0.15, -0.1) is 0 Å². The summed E-state index contributed by atoms with van der Waals surface area (Å²) in [6, 6.07) is 16.3. The van der Waals surface area contributed by atoms with Crippen LogP contribution in [0.15, 0.2) is 48.5 Å². The van der Waals surface area contributed by atoms with Gasteiger partial charge in [0.1, 0.15) is 6.61 Å². The third-order valence-corrected chi connectivity index (χ3v) is 7.36. The summed E-state index contributed by atoms with van der Waals surface area (Å²) in [5.74, 6) is -1.22. The molecule has 0 radical (unpaired) electrons. The number of rotatable bonds is 7. The molecule has 0 spiro atoms. The van der Waals surface area contributed by atoms with Crippen molar-refractivity contribution in [1.82, 2.24) is 10.6 Å². The molecule has 1 heterocycles. The molecule has 8 heteroatoms. The van der Waals surface area contributed by atoms with Gasteiger partial charge in [-0.3, -0.25) is 4.79 Å². The van der Waals surface area contributed by atoms with Crippen molar-refractivity contribution in [1.29, 1.82) is 0 Å². The van der Waals surface area contributed by atoms with E-state index in [1.165, 1.54) is 22.3 Å². The summed E-state index contributed by atoms with van der Waals surface area (Å²) in [5.41, 5.74) is 4.70. The van der Waals surface area contributed by atoms with Gasteiger partial charge in [0.25, 0.3) is 0 Å². The maximum atomic E-state index is 12.6. The molecule has 2 aromatic carbocycles. The standard InChI is InChI=1S/C27H30N2O6/c30-25(28-14-18-11-12-24(35-18)26(31)32)16-9-10-17(13-16)29-27(33)34-15-23-21-7-3-1-5-19(21)20-6-2-4-8-22(20)23/h1-8,16-18,23-24H,9-15H2,(H,28,30)(H,29,33)(H,31,32)/t16-,17+,18?,24?/m0/s1. The van der Waals surface area contributed by atoms with E-state index in [-0.39, 0.29) is 36.5 Å². The minimum absolute atomic E-state index is 0.00813. The number of alkyl carbamates (subject to hydrolysis) is 1. The van der Waals surface area contributed by atoms with Crippen molar-refractivity contribution in [2.45, 2.75) is 56.3 Å². The van der Waals surface area contributed by atoms with E-state index >= 15 is 0 Å². The zero-order valence-electron chi connectivity index (χ0n) is 19.4. The highest BCUT2D eigenvalue weighted by Crippen LogP contribution is 2.44. The Morgan fingerprint density at radius 1 is 0.943 bits per heavy atom. The number of amides is 2. The molecule has 3 N–H and O–H groups in total. The molecule has 3 aliphatic rings. The predicted molar refractivity (Wildman–Crippen MR) is 128 cm³/mol. The number of ether oxygens (including phenoxy) is 2. The summed E-state index contributed by atoms with van der Waals surface area (Å²) in [7, 11) is 0. The fourth-order valence-electron chi connectivity index (χ4n) is 5.55. The number of benzene rings is 2. The smallest absolute Gasteiger partial charge is 0.407 e. The zero-order valence-corrected chi connectivity index (χ0v) is 19.4. The first kappa shape index (κ1) is 23.4. The second-order valence-corrected chi connectivity index (χ2v) is 9.58. The van der Waals surface area contributed by atoms with Crippen molar-refractivity contribution < 1.29 is 29.0 Å². The second kappa shape index (κ2) is 10.1. The summed E-state index contributed by atoms with van der Waals surface area (Å²) in [4.78, 5) is 36.1. The van der Waals surface area contributed by atoms with Crippen LogP contribution in [-0.2, 0) is 19.1 Å². The van der Waals surface area contributed by atoms with E-state index in [2.05, 4.69) is 34.9 Å². The lowest BCUT2D eigenvalue weighted by molar-refractivity contribution is -0.149. The predicted octanol–water partition coefficient (Wildman–Crippen LogP) is 3.44. The summed E-state index contributed by atoms with van der Waals surface area (Å²) >= 11 is 0. The summed E-state index contributed by atoms with van der Waals surface area (Å²) < 4.78 is 11.1. The molecule has 2 aromatic rings. The number of hydrogen-bond donors (Lipinski definition) is 3. The minimum atomic E-state index is -0.961. The van der Waals surface area contributed by atoms with E-state index in [9.17, 15) is 14.4 Å². The van der Waals surface area contributed by atoms with Crippen LogP contribution in [0.4, 0.5) is 4.79 Å². The molecule has 4 atom stereocenters. The van der Waals surface area contributed by atoms with Crippen LogP contribution in [0.3, 0.4) is 0 Å². The van der Waals surface area contributed by atoms with Crippen LogP contribution in [0, 0.1) is 5.92 Å². The van der Waals surface area contributed by atoms with Crippen LogP contribution in [0.25, 0.3) is 11.1 Å². The Morgan fingerprint density at radius 2 is 1.63 bits per heavy atom. The monoisotopic (exact) mass is 478 g/mol. The molecule has 1 saturated heterocycles. The molecule has 1 saturated carbocycles. The minimum Gasteiger partial charge on any atom is -0.479 e. The number of fused-ring (bicyclic) bond motifs is 3. The molecule has 0 aromatic heterocycles. The van der Waals surface area contributed by atoms with E-state index < -0.39 is 18.2 Å². The van der Waals surface area contributed by atoms with Crippen molar-refractivity contribution in [2.75, 3.05) is 13.2 Å². The van der Waals surface area contributed by atoms with Gasteiger partial charge in [0.15, 0.2) is 6.10 Å². The van der Waals surface area contributed by atoms with Crippen molar-refractivity contribution in [2.24, 2.45) is 5.92 Å². The van der Waals surface area contributed by atoms with E-state index in [4.69, 9.17) is 14.6 Å². The fraction of sp³-hybridized carbons (Fsp3) is 0.444. The van der Waals surface area contributed by atoms with Crippen LogP contribution in [-0.4, -0.2) is 54.5 Å². The highest BCUT2D eigenvalue weighted by molar-refractivity contribution is 5.80. The normalized spacial score (nSPS) is 25.0. The number of carboxylic acids is 1. The van der Waals surface area contributed by atoms with Crippen molar-refractivity contribution in [3.8, 4) is 11.1 Å². The molecular weight excluding hydrogens is 448 g/mol. The van der Waals surface area contributed by atoms with Gasteiger partial charge in [0.2, 0.25) is 5.91 Å². The molecule has 2 fully saturated rings. The Hall–Kier alpha value is -3.39. The van der Waals surface area contributed by atoms with E-state index in [0.29, 0.717) is 38.6 Å². The number of hydrogen-bond acceptors (Lipinski definition) is 5. The maximum Gasteiger partial charge on any atom is 0.407 e. The Morgan fingerprint density at radius 3 is 2.29 bits per heavy atom. The lowest BCUT2D eigenvalue weighted by atomic mass is 9.98. The van der Waals surface area contributed by atoms with Gasteiger partial charge in [-0.05, 0) is 54.4 Å². The molecule has 35 heavy (non-hydrogen) atoms. The van der Waals surface area contributed by atoms with Crippen LogP contribution in [0.5, 0.6) is 0 Å². The van der Waals surface area contributed by atoms with Crippen molar-refractivity contribution in [3.63, 3.8) is 0 Å². The largest absolute Gasteiger partial charge is 0.479 e. The molecular formula is C27H30N2O6. The molecule has 2 amide bonds. The van der Waals surface area contributed by atoms with Gasteiger partial charge in [-0.1, -0.05) is 48.5 Å². The van der Waals surface area contributed by atoms with Crippen molar-refractivity contribution in [3.05, 3.63) is 59.7 Å². The molecule has 5 rings (SSSR count). The maximum absolute atomic E-state index is 12.6. The number of aliphatic carboxylic acids is 1. The third-order valence-electron chi connectivity index (χ3n) is 7.36. The molecule has 0 bridgehead atoms. The number of nitrogens with one attached hydrogen (secondary N) is 2. The van der Waals surface area contributed by atoms with Crippen molar-refractivity contribution >= 4 is 18.0 Å². The molecule has 2 aliphatic carbocycles. The van der Waals surface area contributed by atoms with Crippen LogP contribution >= 0.6 is 0 Å². The number of carbonyl (C=O) groups is 3. The number of carboxylic acid groups (broad SMARTS) is 1. The Bertz CT molecular complexity index is 1070. The topological polar surface area (TPSA) is 114 Å². The second-order valence-electron chi connectivity index (χ2n) is 9.58. The SMILES string of the molecule is O=C(N[C@@H]1CC[C@H](C(=O)NCC2CCC(C(=O)O)O2)C1)OCC1c2ccccc2-c2ccccc21. The fourth-order valence-corrected chi connectivity index (χ4v) is 5.55. The average molecular weight is 479 g/mol. The van der Waals surface area contributed by atoms with Gasteiger partial charge >= 0.3 is 12.1 Å². The van der Waals surface area contributed by atoms with Crippen LogP contribution < -0.4 is 10.6 Å². The first-order chi connectivity index (χ1) is 17.0. The molecule has 8 nitrogen and oxygen atoms in total. The summed E-state index contributed by atoms with van der Waals surface area (Å²) in [6.07, 6.45) is 1.52. The van der Waals surface area contributed by atoms with E-state index in [1.54, 1.807) is 0 Å². The molecule has 184 valence electrons. The van der Waals surface area contributed by atoms with Crippen LogP contribution in [0.2, 0.25) is 0 Å². The van der Waals surface area contributed by atoms with E-state index in [0.717, 1.165) is 0 Å². The Labute approximate surface area is 204 Å². The third kappa shape index (κ3) is 5.03. The van der Waals surface area contributed by atoms with Gasteiger partial charge in [-0.25, -0.2) is 9.59 Å². The van der Waals surface area contributed by atoms with Gasteiger partial charge in [-0.2, -0.15) is 0 Å². The molecule has 2 unspecified atom stereocenters. The van der Waals surface area contributed by atoms with Crippen LogP contribution in [0.1, 0.15) is 49.1 Å².